The molecule has 0 aliphatic rings. The second-order valence-electron chi connectivity index (χ2n) is 2.75. The minimum absolute atomic E-state index is 0.338. The van der Waals surface area contributed by atoms with Crippen molar-refractivity contribution in [3.8, 4) is 0 Å². The Morgan fingerprint density at radius 3 is 3.00 bits per heavy atom. The molecule has 0 saturated heterocycles. The first-order valence-electron chi connectivity index (χ1n) is 4.12. The molecule has 66 valence electrons. The van der Waals surface area contributed by atoms with Gasteiger partial charge in [0.05, 0.1) is 6.17 Å². The van der Waals surface area contributed by atoms with Gasteiger partial charge in [-0.05, 0) is 25.6 Å². The van der Waals surface area contributed by atoms with Crippen molar-refractivity contribution < 1.29 is 0 Å². The van der Waals surface area contributed by atoms with E-state index < -0.39 is 0 Å². The highest BCUT2D eigenvalue weighted by Gasteiger charge is 1.95. The molecule has 1 atom stereocenters. The number of aromatic nitrogens is 1. The Hall–Kier alpha value is -0.930. The summed E-state index contributed by atoms with van der Waals surface area (Å²) in [5, 5.41) is 6.40. The van der Waals surface area contributed by atoms with E-state index in [0.29, 0.717) is 6.17 Å². The van der Waals surface area contributed by atoms with Crippen LogP contribution in [-0.4, -0.2) is 18.2 Å². The van der Waals surface area contributed by atoms with Crippen LogP contribution in [0.3, 0.4) is 0 Å². The molecule has 0 bridgehead atoms. The monoisotopic (exact) mass is 165 g/mol. The Kier molecular flexibility index (Phi) is 3.70. The zero-order chi connectivity index (χ0) is 8.81. The van der Waals surface area contributed by atoms with E-state index in [0.717, 1.165) is 6.54 Å². The molecule has 1 heterocycles. The molecule has 0 saturated carbocycles. The lowest BCUT2D eigenvalue weighted by Crippen LogP contribution is -2.36. The van der Waals surface area contributed by atoms with Gasteiger partial charge in [-0.1, -0.05) is 6.07 Å². The summed E-state index contributed by atoms with van der Waals surface area (Å²) in [5.41, 5.74) is 1.21. The van der Waals surface area contributed by atoms with Crippen LogP contribution in [0, 0.1) is 0 Å². The van der Waals surface area contributed by atoms with Gasteiger partial charge in [-0.15, -0.1) is 0 Å². The molecule has 1 aromatic rings. The first-order chi connectivity index (χ1) is 5.83. The van der Waals surface area contributed by atoms with Crippen molar-refractivity contribution in [2.75, 3.05) is 7.05 Å². The number of nitrogens with zero attached hydrogens (tertiary/aromatic N) is 1. The largest absolute Gasteiger partial charge is 0.305 e. The lowest BCUT2D eigenvalue weighted by atomic mass is 10.3. The Morgan fingerprint density at radius 1 is 1.58 bits per heavy atom. The summed E-state index contributed by atoms with van der Waals surface area (Å²) in [6.07, 6.45) is 3.99. The second-order valence-corrected chi connectivity index (χ2v) is 2.75. The molecule has 1 aromatic heterocycles. The molecule has 0 aliphatic carbocycles. The van der Waals surface area contributed by atoms with E-state index in [4.69, 9.17) is 0 Å². The molecular formula is C9H15N3. The lowest BCUT2D eigenvalue weighted by Gasteiger charge is -2.11. The fourth-order valence-electron chi connectivity index (χ4n) is 0.876. The second kappa shape index (κ2) is 4.85. The average molecular weight is 165 g/mol. The van der Waals surface area contributed by atoms with Crippen molar-refractivity contribution in [2.24, 2.45) is 0 Å². The number of pyridine rings is 1. The van der Waals surface area contributed by atoms with E-state index in [1.54, 1.807) is 6.20 Å². The molecule has 0 radical (unpaired) electrons. The standard InChI is InChI=1S/C9H15N3/c1-8(10-2)12-7-9-4-3-5-11-6-9/h3-6,8,10,12H,7H2,1-2H3. The van der Waals surface area contributed by atoms with Crippen LogP contribution in [0.15, 0.2) is 24.5 Å². The van der Waals surface area contributed by atoms with Gasteiger partial charge in [-0.25, -0.2) is 0 Å². The van der Waals surface area contributed by atoms with Gasteiger partial charge in [0.25, 0.3) is 0 Å². The molecule has 2 N–H and O–H groups in total. The summed E-state index contributed by atoms with van der Waals surface area (Å²) in [6.45, 7) is 2.94. The van der Waals surface area contributed by atoms with Crippen LogP contribution < -0.4 is 10.6 Å². The van der Waals surface area contributed by atoms with E-state index in [1.807, 2.05) is 19.3 Å². The molecule has 0 fully saturated rings. The Labute approximate surface area is 73.2 Å². The van der Waals surface area contributed by atoms with E-state index >= 15 is 0 Å². The van der Waals surface area contributed by atoms with Gasteiger partial charge in [-0.2, -0.15) is 0 Å². The molecule has 0 aromatic carbocycles. The molecule has 3 nitrogen and oxygen atoms in total. The minimum Gasteiger partial charge on any atom is -0.305 e. The predicted octanol–water partition coefficient (Wildman–Crippen LogP) is 0.737. The third-order valence-electron chi connectivity index (χ3n) is 1.77. The third kappa shape index (κ3) is 2.98. The van der Waals surface area contributed by atoms with Crippen LogP contribution in [0.4, 0.5) is 0 Å². The smallest absolute Gasteiger partial charge is 0.0542 e. The van der Waals surface area contributed by atoms with Crippen LogP contribution >= 0.6 is 0 Å². The van der Waals surface area contributed by atoms with Crippen molar-refractivity contribution >= 4 is 0 Å². The zero-order valence-electron chi connectivity index (χ0n) is 7.54. The number of rotatable bonds is 4. The molecule has 0 aliphatic heterocycles. The van der Waals surface area contributed by atoms with Crippen LogP contribution in [0.1, 0.15) is 12.5 Å². The molecule has 0 amide bonds. The van der Waals surface area contributed by atoms with E-state index in [-0.39, 0.29) is 0 Å². The van der Waals surface area contributed by atoms with Crippen molar-refractivity contribution in [3.05, 3.63) is 30.1 Å². The topological polar surface area (TPSA) is 37.0 Å². The molecule has 3 heteroatoms. The van der Waals surface area contributed by atoms with Crippen LogP contribution in [0.25, 0.3) is 0 Å². The zero-order valence-corrected chi connectivity index (χ0v) is 7.54. The van der Waals surface area contributed by atoms with Gasteiger partial charge in [0, 0.05) is 18.9 Å². The number of hydrogen-bond acceptors (Lipinski definition) is 3. The average Bonchev–Trinajstić information content (AvgIpc) is 2.16. The maximum atomic E-state index is 4.03. The fraction of sp³-hybridized carbons (Fsp3) is 0.444. The van der Waals surface area contributed by atoms with E-state index in [9.17, 15) is 0 Å². The van der Waals surface area contributed by atoms with Gasteiger partial charge in [0.1, 0.15) is 0 Å². The number of nitrogens with one attached hydrogen (secondary N) is 2. The van der Waals surface area contributed by atoms with Gasteiger partial charge in [0.2, 0.25) is 0 Å². The highest BCUT2D eigenvalue weighted by Crippen LogP contribution is 1.94. The van der Waals surface area contributed by atoms with Crippen LogP contribution in [-0.2, 0) is 6.54 Å². The summed E-state index contributed by atoms with van der Waals surface area (Å²) in [6, 6.07) is 4.00. The van der Waals surface area contributed by atoms with Crippen molar-refractivity contribution in [1.82, 2.24) is 15.6 Å². The molecular weight excluding hydrogens is 150 g/mol. The lowest BCUT2D eigenvalue weighted by molar-refractivity contribution is 0.488. The third-order valence-corrected chi connectivity index (χ3v) is 1.77. The van der Waals surface area contributed by atoms with E-state index in [2.05, 4.69) is 28.6 Å². The summed E-state index contributed by atoms with van der Waals surface area (Å²) < 4.78 is 0. The quantitative estimate of drug-likeness (QED) is 0.646. The molecule has 1 unspecified atom stereocenters. The van der Waals surface area contributed by atoms with Gasteiger partial charge >= 0.3 is 0 Å². The molecule has 1 rings (SSSR count). The Bertz CT molecular complexity index is 210. The maximum absolute atomic E-state index is 4.03. The fourth-order valence-corrected chi connectivity index (χ4v) is 0.876. The number of hydrogen-bond donors (Lipinski definition) is 2. The van der Waals surface area contributed by atoms with Crippen molar-refractivity contribution in [1.29, 1.82) is 0 Å². The normalized spacial score (nSPS) is 12.8. The highest BCUT2D eigenvalue weighted by atomic mass is 15.1. The molecule has 12 heavy (non-hydrogen) atoms. The van der Waals surface area contributed by atoms with Crippen molar-refractivity contribution in [3.63, 3.8) is 0 Å². The van der Waals surface area contributed by atoms with Gasteiger partial charge in [0.15, 0.2) is 0 Å². The Morgan fingerprint density at radius 2 is 2.42 bits per heavy atom. The first kappa shape index (κ1) is 9.16. The van der Waals surface area contributed by atoms with Crippen molar-refractivity contribution in [2.45, 2.75) is 19.6 Å². The first-order valence-corrected chi connectivity index (χ1v) is 4.12. The summed E-state index contributed by atoms with van der Waals surface area (Å²) in [5.74, 6) is 0. The van der Waals surface area contributed by atoms with Gasteiger partial charge < -0.3 is 5.32 Å². The van der Waals surface area contributed by atoms with E-state index in [1.165, 1.54) is 5.56 Å². The SMILES string of the molecule is CNC(C)NCc1cccnc1. The maximum Gasteiger partial charge on any atom is 0.0542 e. The van der Waals surface area contributed by atoms with Gasteiger partial charge in [-0.3, -0.25) is 10.3 Å². The van der Waals surface area contributed by atoms with Crippen LogP contribution in [0.5, 0.6) is 0 Å². The predicted molar refractivity (Wildman–Crippen MR) is 49.6 cm³/mol. The van der Waals surface area contributed by atoms with Crippen LogP contribution in [0.2, 0.25) is 0 Å². The molecule has 0 spiro atoms. The summed E-state index contributed by atoms with van der Waals surface area (Å²) in [4.78, 5) is 4.03. The highest BCUT2D eigenvalue weighted by molar-refractivity contribution is 5.07. The summed E-state index contributed by atoms with van der Waals surface area (Å²) in [7, 11) is 1.93. The summed E-state index contributed by atoms with van der Waals surface area (Å²) >= 11 is 0. The Balaban J connectivity index is 2.33. The minimum atomic E-state index is 0.338.